The van der Waals surface area contributed by atoms with Crippen molar-refractivity contribution in [3.05, 3.63) is 58.0 Å². The number of benzene rings is 1. The number of hydrogen-bond acceptors (Lipinski definition) is 3. The Balaban J connectivity index is 2.04. The van der Waals surface area contributed by atoms with Crippen LogP contribution in [0, 0.1) is 0 Å². The van der Waals surface area contributed by atoms with Gasteiger partial charge in [0, 0.05) is 16.2 Å². The number of amides is 1. The van der Waals surface area contributed by atoms with Crippen molar-refractivity contribution in [1.29, 1.82) is 0 Å². The molecule has 5 nitrogen and oxygen atoms in total. The van der Waals surface area contributed by atoms with Gasteiger partial charge in [0.1, 0.15) is 6.33 Å². The molecule has 0 bridgehead atoms. The second-order valence-electron chi connectivity index (χ2n) is 5.38. The first-order chi connectivity index (χ1) is 12.4. The van der Waals surface area contributed by atoms with E-state index in [1.807, 2.05) is 0 Å². The molecule has 2 aromatic heterocycles. The third-order valence-electron chi connectivity index (χ3n) is 3.46. The molecule has 27 heavy (non-hydrogen) atoms. The van der Waals surface area contributed by atoms with Gasteiger partial charge in [0.05, 0.1) is 16.8 Å². The fourth-order valence-electron chi connectivity index (χ4n) is 2.27. The lowest BCUT2D eigenvalue weighted by Gasteiger charge is -2.14. The molecule has 0 spiro atoms. The highest BCUT2D eigenvalue weighted by Gasteiger charge is 2.37. The SMILES string of the molecule is O=C(Nc1cc(Br)cn2cnnc12)c1cc(C(F)(F)F)cc(C(F)(F)F)c1. The van der Waals surface area contributed by atoms with Crippen molar-refractivity contribution in [3.8, 4) is 0 Å². The van der Waals surface area contributed by atoms with E-state index in [9.17, 15) is 31.1 Å². The summed E-state index contributed by atoms with van der Waals surface area (Å²) in [6.07, 6.45) is -7.24. The summed E-state index contributed by atoms with van der Waals surface area (Å²) in [5.74, 6) is -1.16. The minimum Gasteiger partial charge on any atom is -0.319 e. The Labute approximate surface area is 155 Å². The first-order valence-corrected chi connectivity index (χ1v) is 7.84. The van der Waals surface area contributed by atoms with Gasteiger partial charge in [0.25, 0.3) is 5.91 Å². The van der Waals surface area contributed by atoms with Crippen molar-refractivity contribution in [3.63, 3.8) is 0 Å². The molecule has 0 aliphatic carbocycles. The Morgan fingerprint density at radius 1 is 1.00 bits per heavy atom. The first kappa shape index (κ1) is 19.1. The van der Waals surface area contributed by atoms with Gasteiger partial charge < -0.3 is 5.32 Å². The summed E-state index contributed by atoms with van der Waals surface area (Å²) >= 11 is 3.16. The van der Waals surface area contributed by atoms with Gasteiger partial charge in [-0.3, -0.25) is 9.20 Å². The second kappa shape index (κ2) is 6.51. The summed E-state index contributed by atoms with van der Waals surface area (Å²) in [6, 6.07) is 2.04. The number of carbonyl (C=O) groups excluding carboxylic acids is 1. The topological polar surface area (TPSA) is 59.3 Å². The van der Waals surface area contributed by atoms with Crippen LogP contribution in [0.15, 0.2) is 41.3 Å². The maximum absolute atomic E-state index is 12.9. The molecule has 1 N–H and O–H groups in total. The van der Waals surface area contributed by atoms with Gasteiger partial charge >= 0.3 is 12.4 Å². The monoisotopic (exact) mass is 452 g/mol. The summed E-state index contributed by atoms with van der Waals surface area (Å²) in [5.41, 5.74) is -3.74. The van der Waals surface area contributed by atoms with E-state index in [1.54, 1.807) is 6.20 Å². The molecule has 3 rings (SSSR count). The standard InChI is InChI=1S/C15H7BrF6N4O/c16-10-4-11(12-25-23-6-26(12)5-10)24-13(27)7-1-8(14(17,18)19)3-9(2-7)15(20,21)22/h1-6H,(H,24,27). The van der Waals surface area contributed by atoms with Gasteiger partial charge in [-0.25, -0.2) is 0 Å². The van der Waals surface area contributed by atoms with Crippen LogP contribution in [0.3, 0.4) is 0 Å². The number of carbonyl (C=O) groups is 1. The molecule has 0 aliphatic heterocycles. The summed E-state index contributed by atoms with van der Waals surface area (Å²) in [4.78, 5) is 12.3. The highest BCUT2D eigenvalue weighted by molar-refractivity contribution is 9.10. The largest absolute Gasteiger partial charge is 0.416 e. The van der Waals surface area contributed by atoms with Crippen molar-refractivity contribution in [2.24, 2.45) is 0 Å². The molecule has 0 unspecified atom stereocenters. The molecule has 0 saturated heterocycles. The van der Waals surface area contributed by atoms with E-state index in [1.165, 1.54) is 16.8 Å². The molecular weight excluding hydrogens is 446 g/mol. The molecular formula is C15H7BrF6N4O. The zero-order chi connectivity index (χ0) is 20.0. The van der Waals surface area contributed by atoms with Crippen molar-refractivity contribution in [2.45, 2.75) is 12.4 Å². The molecule has 0 fully saturated rings. The van der Waals surface area contributed by atoms with Crippen molar-refractivity contribution < 1.29 is 31.1 Å². The van der Waals surface area contributed by atoms with Crippen LogP contribution in [0.5, 0.6) is 0 Å². The normalized spacial score (nSPS) is 12.4. The first-order valence-electron chi connectivity index (χ1n) is 7.05. The van der Waals surface area contributed by atoms with E-state index in [0.29, 0.717) is 16.6 Å². The quantitative estimate of drug-likeness (QED) is 0.569. The molecule has 0 atom stereocenters. The van der Waals surface area contributed by atoms with Crippen LogP contribution in [0.4, 0.5) is 32.0 Å². The average molecular weight is 453 g/mol. The molecule has 0 aliphatic rings. The van der Waals surface area contributed by atoms with E-state index >= 15 is 0 Å². The number of fused-ring (bicyclic) bond motifs is 1. The number of halogens is 7. The molecule has 0 radical (unpaired) electrons. The molecule has 142 valence electrons. The van der Waals surface area contributed by atoms with Gasteiger partial charge in [-0.15, -0.1) is 10.2 Å². The number of pyridine rings is 1. The molecule has 12 heteroatoms. The number of anilines is 1. The van der Waals surface area contributed by atoms with Gasteiger partial charge in [-0.05, 0) is 40.2 Å². The lowest BCUT2D eigenvalue weighted by Crippen LogP contribution is -2.17. The summed E-state index contributed by atoms with van der Waals surface area (Å²) < 4.78 is 79.4. The van der Waals surface area contributed by atoms with Gasteiger partial charge in [0.15, 0.2) is 5.65 Å². The van der Waals surface area contributed by atoms with Gasteiger partial charge in [-0.2, -0.15) is 26.3 Å². The number of rotatable bonds is 2. The van der Waals surface area contributed by atoms with Crippen LogP contribution in [0.2, 0.25) is 0 Å². The minimum absolute atomic E-state index is 0.0490. The fourth-order valence-corrected chi connectivity index (χ4v) is 2.72. The number of nitrogens with one attached hydrogen (secondary N) is 1. The number of aromatic nitrogens is 3. The van der Waals surface area contributed by atoms with Crippen molar-refractivity contribution >= 4 is 33.2 Å². The van der Waals surface area contributed by atoms with Crippen LogP contribution in [0.25, 0.3) is 5.65 Å². The maximum Gasteiger partial charge on any atom is 0.416 e. The lowest BCUT2D eigenvalue weighted by molar-refractivity contribution is -0.143. The van der Waals surface area contributed by atoms with E-state index in [0.717, 1.165) is 0 Å². The van der Waals surface area contributed by atoms with E-state index in [-0.39, 0.29) is 17.4 Å². The molecule has 2 heterocycles. The summed E-state index contributed by atoms with van der Waals surface area (Å²) in [5, 5.41) is 9.62. The molecule has 0 saturated carbocycles. The van der Waals surface area contributed by atoms with E-state index in [4.69, 9.17) is 0 Å². The van der Waals surface area contributed by atoms with Crippen LogP contribution in [0.1, 0.15) is 21.5 Å². The molecule has 1 aromatic carbocycles. The second-order valence-corrected chi connectivity index (χ2v) is 6.30. The van der Waals surface area contributed by atoms with Gasteiger partial charge in [-0.1, -0.05) is 0 Å². The zero-order valence-corrected chi connectivity index (χ0v) is 14.4. The van der Waals surface area contributed by atoms with E-state index in [2.05, 4.69) is 31.4 Å². The maximum atomic E-state index is 12.9. The predicted molar refractivity (Wildman–Crippen MR) is 85.1 cm³/mol. The fraction of sp³-hybridized carbons (Fsp3) is 0.133. The summed E-state index contributed by atoms with van der Waals surface area (Å²) in [6.45, 7) is 0. The Morgan fingerprint density at radius 2 is 1.59 bits per heavy atom. The smallest absolute Gasteiger partial charge is 0.319 e. The third-order valence-corrected chi connectivity index (χ3v) is 3.89. The predicted octanol–water partition coefficient (Wildman–Crippen LogP) is 4.78. The van der Waals surface area contributed by atoms with Crippen LogP contribution in [-0.4, -0.2) is 20.5 Å². The van der Waals surface area contributed by atoms with Crippen LogP contribution in [-0.2, 0) is 12.4 Å². The zero-order valence-electron chi connectivity index (χ0n) is 12.9. The number of alkyl halides is 6. The Bertz CT molecular complexity index is 995. The Hall–Kier alpha value is -2.63. The Kier molecular flexibility index (Phi) is 4.62. The minimum atomic E-state index is -5.05. The number of hydrogen-bond donors (Lipinski definition) is 1. The lowest BCUT2D eigenvalue weighted by atomic mass is 10.0. The highest BCUT2D eigenvalue weighted by Crippen LogP contribution is 2.36. The van der Waals surface area contributed by atoms with E-state index < -0.39 is 35.0 Å². The van der Waals surface area contributed by atoms with Crippen molar-refractivity contribution in [2.75, 3.05) is 5.32 Å². The number of nitrogens with zero attached hydrogens (tertiary/aromatic N) is 3. The Morgan fingerprint density at radius 3 is 2.15 bits per heavy atom. The summed E-state index contributed by atoms with van der Waals surface area (Å²) in [7, 11) is 0. The van der Waals surface area contributed by atoms with Crippen LogP contribution < -0.4 is 5.32 Å². The average Bonchev–Trinajstić information content (AvgIpc) is 3.01. The third kappa shape index (κ3) is 4.04. The highest BCUT2D eigenvalue weighted by atomic mass is 79.9. The van der Waals surface area contributed by atoms with Gasteiger partial charge in [0.2, 0.25) is 0 Å². The van der Waals surface area contributed by atoms with Crippen LogP contribution >= 0.6 is 15.9 Å². The molecule has 3 aromatic rings. The molecule has 1 amide bonds. The van der Waals surface area contributed by atoms with Crippen molar-refractivity contribution in [1.82, 2.24) is 14.6 Å².